The van der Waals surface area contributed by atoms with Crippen LogP contribution in [-0.2, 0) is 0 Å². The number of hydrogen-bond acceptors (Lipinski definition) is 1. The Labute approximate surface area is 311 Å². The highest BCUT2D eigenvalue weighted by molar-refractivity contribution is 6.24. The molecule has 0 saturated heterocycles. The lowest BCUT2D eigenvalue weighted by Gasteiger charge is -2.20. The SMILES string of the molecule is [2H]c1c([2H])c([2H])c(-c2c3c([2H])c([2H])c([2H])c([2H])c3c(-c3c([2H])c([2H])c4c([2H])c([2H])c([2H])c([2H])c4c3[2H])c3c([2H])c([2H])c([2H])c([2H])c23)c(-c2c([2H])c([2H])c([2H])c3c2oc2c([2H])c([2H])c4c([2H])c([2H])c([2H])c([2H])c4c23)c1[2H]. The Morgan fingerprint density at radius 1 is 0.362 bits per heavy atom. The average Bonchev–Trinajstić information content (AvgIpc) is 3.78. The average molecular weight is 625 g/mol. The molecule has 0 aliphatic rings. The number of furan rings is 1. The molecule has 0 aliphatic carbocycles. The van der Waals surface area contributed by atoms with Crippen LogP contribution in [0.25, 0.3) is 98.4 Å². The molecule has 0 aliphatic heterocycles. The van der Waals surface area contributed by atoms with Crippen molar-refractivity contribution in [2.75, 3.05) is 0 Å². The van der Waals surface area contributed by atoms with Crippen molar-refractivity contribution in [1.29, 1.82) is 0 Å². The highest BCUT2D eigenvalue weighted by Gasteiger charge is 2.21. The topological polar surface area (TPSA) is 13.1 Å². The van der Waals surface area contributed by atoms with Crippen molar-refractivity contribution < 1.29 is 42.8 Å². The summed E-state index contributed by atoms with van der Waals surface area (Å²) in [5.41, 5.74) is -6.24. The van der Waals surface area contributed by atoms with Crippen molar-refractivity contribution in [1.82, 2.24) is 0 Å². The summed E-state index contributed by atoms with van der Waals surface area (Å²) in [5.74, 6) is 0. The summed E-state index contributed by atoms with van der Waals surface area (Å²) in [6.45, 7) is 0. The summed E-state index contributed by atoms with van der Waals surface area (Å²) in [5, 5.41) is -6.32. The minimum Gasteiger partial charge on any atom is -0.455 e. The zero-order valence-corrected chi connectivity index (χ0v) is 23.4. The van der Waals surface area contributed by atoms with Crippen molar-refractivity contribution >= 4 is 65.0 Å². The van der Waals surface area contributed by atoms with Gasteiger partial charge in [-0.15, -0.1) is 0 Å². The highest BCUT2D eigenvalue weighted by atomic mass is 16.3. The number of fused-ring (bicyclic) bond motifs is 8. The lowest BCUT2D eigenvalue weighted by Crippen LogP contribution is -1.93. The number of rotatable bonds is 3. The summed E-state index contributed by atoms with van der Waals surface area (Å²) in [6, 6.07) is -26.4. The van der Waals surface area contributed by atoms with E-state index in [2.05, 4.69) is 0 Å². The summed E-state index contributed by atoms with van der Waals surface area (Å²) >= 11 is 0. The quantitative estimate of drug-likeness (QED) is 0.178. The van der Waals surface area contributed by atoms with Crippen LogP contribution in [0.2, 0.25) is 0 Å². The van der Waals surface area contributed by atoms with Crippen molar-refractivity contribution in [3.05, 3.63) is 169 Å². The van der Waals surface area contributed by atoms with E-state index >= 15 is 0 Å². The largest absolute Gasteiger partial charge is 0.455 e. The normalized spacial score (nSPS) is 20.2. The van der Waals surface area contributed by atoms with Crippen LogP contribution < -0.4 is 0 Å². The van der Waals surface area contributed by atoms with Crippen LogP contribution in [0.3, 0.4) is 0 Å². The molecule has 0 amide bonds. The molecular formula is C46H28O. The number of hydrogen-bond donors (Lipinski definition) is 0. The molecule has 0 unspecified atom stereocenters. The Morgan fingerprint density at radius 3 is 1.64 bits per heavy atom. The molecule has 0 saturated carbocycles. The van der Waals surface area contributed by atoms with Gasteiger partial charge in [0.25, 0.3) is 0 Å². The highest BCUT2D eigenvalue weighted by Crippen LogP contribution is 2.48. The fourth-order valence-corrected chi connectivity index (χ4v) is 5.87. The van der Waals surface area contributed by atoms with Crippen molar-refractivity contribution in [2.24, 2.45) is 0 Å². The molecule has 0 radical (unpaired) electrons. The summed E-state index contributed by atoms with van der Waals surface area (Å²) in [7, 11) is 0. The van der Waals surface area contributed by atoms with Crippen LogP contribution in [0.15, 0.2) is 174 Å². The molecule has 10 aromatic rings. The van der Waals surface area contributed by atoms with E-state index in [1.807, 2.05) is 0 Å². The van der Waals surface area contributed by atoms with Gasteiger partial charge in [-0.05, 0) is 83.0 Å². The van der Waals surface area contributed by atoms with Gasteiger partial charge in [-0.25, -0.2) is 0 Å². The minimum absolute atomic E-state index is 0.426. The molecule has 1 nitrogen and oxygen atoms in total. The summed E-state index contributed by atoms with van der Waals surface area (Å²) < 4.78 is 259. The van der Waals surface area contributed by atoms with Gasteiger partial charge in [-0.2, -0.15) is 0 Å². The maximum Gasteiger partial charge on any atom is 0.143 e. The number of para-hydroxylation sites is 1. The predicted molar refractivity (Wildman–Crippen MR) is 200 cm³/mol. The van der Waals surface area contributed by atoms with Gasteiger partial charge >= 0.3 is 0 Å². The van der Waals surface area contributed by atoms with Crippen molar-refractivity contribution in [3.8, 4) is 33.4 Å². The van der Waals surface area contributed by atoms with Gasteiger partial charge in [0, 0.05) is 16.3 Å². The van der Waals surface area contributed by atoms with Crippen LogP contribution in [-0.4, -0.2) is 0 Å². The molecule has 0 bridgehead atoms. The second-order valence-electron chi connectivity index (χ2n) is 10.3. The van der Waals surface area contributed by atoms with Gasteiger partial charge in [-0.1, -0.05) is 157 Å². The Hall–Kier alpha value is -6.18. The molecule has 0 N–H and O–H groups in total. The predicted octanol–water partition coefficient (Wildman–Crippen LogP) is 13.2. The van der Waals surface area contributed by atoms with Gasteiger partial charge in [0.15, 0.2) is 0 Å². The van der Waals surface area contributed by atoms with Crippen molar-refractivity contribution in [2.45, 2.75) is 0 Å². The second-order valence-corrected chi connectivity index (χ2v) is 10.3. The molecule has 0 spiro atoms. The lowest BCUT2D eigenvalue weighted by molar-refractivity contribution is 0.670. The Morgan fingerprint density at radius 2 is 0.894 bits per heavy atom. The monoisotopic (exact) mass is 624 g/mol. The molecule has 1 aromatic heterocycles. The first-order valence-corrected chi connectivity index (χ1v) is 13.9. The second kappa shape index (κ2) is 10.2. The van der Waals surface area contributed by atoms with E-state index in [0.717, 1.165) is 0 Å². The first kappa shape index (κ1) is 10.7. The van der Waals surface area contributed by atoms with Gasteiger partial charge in [-0.3, -0.25) is 0 Å². The van der Waals surface area contributed by atoms with Gasteiger partial charge in [0.05, 0.1) is 38.4 Å². The minimum atomic E-state index is -1.10. The molecule has 10 rings (SSSR count). The van der Waals surface area contributed by atoms with Gasteiger partial charge < -0.3 is 4.42 Å². The maximum absolute atomic E-state index is 9.64. The molecule has 218 valence electrons. The summed E-state index contributed by atoms with van der Waals surface area (Å²) in [6.07, 6.45) is 0. The van der Waals surface area contributed by atoms with E-state index in [1.165, 1.54) is 0 Å². The van der Waals surface area contributed by atoms with E-state index < -0.39 is 268 Å². The molecule has 9 aromatic carbocycles. The lowest BCUT2D eigenvalue weighted by atomic mass is 9.83. The molecule has 47 heavy (non-hydrogen) atoms. The Kier molecular flexibility index (Phi) is 2.31. The molecular weight excluding hydrogens is 569 g/mol. The third-order valence-corrected chi connectivity index (χ3v) is 7.81. The van der Waals surface area contributed by atoms with E-state index in [4.69, 9.17) is 29.1 Å². The summed E-state index contributed by atoms with van der Waals surface area (Å²) in [4.78, 5) is 0. The first-order chi connectivity index (χ1) is 35.0. The van der Waals surface area contributed by atoms with E-state index in [-0.39, 0.29) is 0 Å². The standard InChI is InChI=1S/C46H28O/c1-2-14-31-28-32(25-24-29(31)12-1)43-36-18-7-9-20-38(36)44(39-21-10-8-19-37(39)43)35-17-6-5-16-34(35)40-22-11-23-41-45-33-15-4-3-13-30(33)26-27-42(45)47-46(40)41/h1-28H/i1D,2D,3D,4D,5D,6D,7D,8D,9D,10D,11D,12D,13D,14D,15D,16D,17D,18D,19D,20D,21D,22D,23D,24D,25D,26D,27D,28D. The molecule has 1 heteroatoms. The van der Waals surface area contributed by atoms with Gasteiger partial charge in [0.2, 0.25) is 0 Å². The van der Waals surface area contributed by atoms with Crippen LogP contribution >= 0.6 is 0 Å². The zero-order chi connectivity index (χ0) is 55.3. The fraction of sp³-hybridized carbons (Fsp3) is 0. The smallest absolute Gasteiger partial charge is 0.143 e. The van der Waals surface area contributed by atoms with Gasteiger partial charge in [0.1, 0.15) is 11.2 Å². The van der Waals surface area contributed by atoms with E-state index in [9.17, 15) is 13.7 Å². The first-order valence-electron chi connectivity index (χ1n) is 27.9. The molecule has 1 heterocycles. The third-order valence-electron chi connectivity index (χ3n) is 7.81. The fourth-order valence-electron chi connectivity index (χ4n) is 5.87. The van der Waals surface area contributed by atoms with E-state index in [1.54, 1.807) is 0 Å². The van der Waals surface area contributed by atoms with Crippen LogP contribution in [0, 0.1) is 0 Å². The van der Waals surface area contributed by atoms with E-state index in [0.29, 0.717) is 0 Å². The molecule has 0 fully saturated rings. The third kappa shape index (κ3) is 3.90. The zero-order valence-electron chi connectivity index (χ0n) is 51.4. The van der Waals surface area contributed by atoms with Crippen LogP contribution in [0.1, 0.15) is 38.4 Å². The molecule has 0 atom stereocenters. The maximum atomic E-state index is 9.64. The Bertz CT molecular complexity index is 4360. The Balaban J connectivity index is 1.54. The van der Waals surface area contributed by atoms with Crippen LogP contribution in [0.4, 0.5) is 0 Å². The van der Waals surface area contributed by atoms with Crippen LogP contribution in [0.5, 0.6) is 0 Å². The van der Waals surface area contributed by atoms with Crippen molar-refractivity contribution in [3.63, 3.8) is 0 Å². The number of benzene rings is 9.